The van der Waals surface area contributed by atoms with E-state index in [1.807, 2.05) is 12.1 Å². The fourth-order valence-corrected chi connectivity index (χ4v) is 3.08. The minimum absolute atomic E-state index is 0.145. The van der Waals surface area contributed by atoms with Gasteiger partial charge in [-0.3, -0.25) is 4.79 Å². The monoisotopic (exact) mass is 288 g/mol. The van der Waals surface area contributed by atoms with Gasteiger partial charge in [0.2, 0.25) is 5.91 Å². The molecule has 0 saturated heterocycles. The molecule has 0 spiro atoms. The van der Waals surface area contributed by atoms with Crippen LogP contribution in [0.1, 0.15) is 38.2 Å². The van der Waals surface area contributed by atoms with Gasteiger partial charge in [0, 0.05) is 26.3 Å². The van der Waals surface area contributed by atoms with E-state index >= 15 is 0 Å². The number of hydrogen-bond donors (Lipinski definition) is 1. The first-order chi connectivity index (χ1) is 10.0. The van der Waals surface area contributed by atoms with Gasteiger partial charge < -0.3 is 10.2 Å². The highest BCUT2D eigenvalue weighted by atomic mass is 16.2. The van der Waals surface area contributed by atoms with Crippen molar-refractivity contribution in [1.29, 1.82) is 0 Å². The number of carbonyl (C=O) groups excluding carboxylic acids is 1. The molecular formula is C18H28N2O. The maximum absolute atomic E-state index is 11.7. The summed E-state index contributed by atoms with van der Waals surface area (Å²) in [6, 6.07) is 8.27. The summed E-state index contributed by atoms with van der Waals surface area (Å²) >= 11 is 0. The van der Waals surface area contributed by atoms with Crippen LogP contribution in [-0.4, -0.2) is 31.4 Å². The van der Waals surface area contributed by atoms with Crippen LogP contribution in [0.2, 0.25) is 0 Å². The summed E-state index contributed by atoms with van der Waals surface area (Å²) in [5.74, 6) is 1.83. The number of rotatable bonds is 5. The number of nitrogens with zero attached hydrogens (tertiary/aromatic N) is 1. The Morgan fingerprint density at radius 2 is 1.95 bits per heavy atom. The van der Waals surface area contributed by atoms with Crippen molar-refractivity contribution >= 4 is 11.6 Å². The second-order valence-corrected chi connectivity index (χ2v) is 6.68. The number of likely N-dealkylation sites (N-methyl/N-ethyl adjacent to an activating group) is 1. The molecule has 1 aromatic carbocycles. The molecule has 3 nitrogen and oxygen atoms in total. The highest BCUT2D eigenvalue weighted by molar-refractivity contribution is 5.78. The third-order valence-electron chi connectivity index (χ3n) is 4.45. The van der Waals surface area contributed by atoms with Gasteiger partial charge in [-0.2, -0.15) is 0 Å². The van der Waals surface area contributed by atoms with Gasteiger partial charge in [0.25, 0.3) is 0 Å². The maximum Gasteiger partial charge on any atom is 0.226 e. The second kappa shape index (κ2) is 7.48. The molecular weight excluding hydrogens is 260 g/mol. The van der Waals surface area contributed by atoms with Crippen molar-refractivity contribution in [3.8, 4) is 0 Å². The predicted molar refractivity (Wildman–Crippen MR) is 88.5 cm³/mol. The molecule has 0 radical (unpaired) electrons. The van der Waals surface area contributed by atoms with Crippen molar-refractivity contribution in [3.63, 3.8) is 0 Å². The molecule has 2 rings (SSSR count). The summed E-state index contributed by atoms with van der Waals surface area (Å²) in [4.78, 5) is 13.3. The first kappa shape index (κ1) is 15.9. The zero-order valence-electron chi connectivity index (χ0n) is 13.6. The molecule has 1 fully saturated rings. The van der Waals surface area contributed by atoms with E-state index in [0.29, 0.717) is 6.42 Å². The van der Waals surface area contributed by atoms with E-state index in [1.54, 1.807) is 19.0 Å². The van der Waals surface area contributed by atoms with E-state index in [9.17, 15) is 4.79 Å². The highest BCUT2D eigenvalue weighted by Gasteiger charge is 2.18. The lowest BCUT2D eigenvalue weighted by atomic mass is 9.82. The summed E-state index contributed by atoms with van der Waals surface area (Å²) in [5, 5.41) is 3.54. The Hall–Kier alpha value is -1.51. The van der Waals surface area contributed by atoms with Crippen LogP contribution in [0.3, 0.4) is 0 Å². The molecule has 3 heteroatoms. The number of amides is 1. The molecule has 1 aromatic rings. The summed E-state index contributed by atoms with van der Waals surface area (Å²) < 4.78 is 0. The molecule has 1 N–H and O–H groups in total. The molecule has 1 amide bonds. The number of nitrogens with one attached hydrogen (secondary N) is 1. The average Bonchev–Trinajstić information content (AvgIpc) is 2.46. The molecule has 2 unspecified atom stereocenters. The Labute approximate surface area is 128 Å². The molecule has 0 bridgehead atoms. The number of carbonyl (C=O) groups is 1. The lowest BCUT2D eigenvalue weighted by Crippen LogP contribution is -2.23. The van der Waals surface area contributed by atoms with Crippen molar-refractivity contribution in [2.24, 2.45) is 11.8 Å². The predicted octanol–water partition coefficient (Wildman–Crippen LogP) is 3.56. The highest BCUT2D eigenvalue weighted by Crippen LogP contribution is 2.28. The van der Waals surface area contributed by atoms with Crippen LogP contribution in [0.15, 0.2) is 24.3 Å². The van der Waals surface area contributed by atoms with Gasteiger partial charge >= 0.3 is 0 Å². The Morgan fingerprint density at radius 3 is 2.57 bits per heavy atom. The Bertz CT molecular complexity index is 453. The van der Waals surface area contributed by atoms with Crippen molar-refractivity contribution < 1.29 is 4.79 Å². The van der Waals surface area contributed by atoms with E-state index in [4.69, 9.17) is 0 Å². The first-order valence-corrected chi connectivity index (χ1v) is 8.07. The van der Waals surface area contributed by atoms with Gasteiger partial charge in [-0.15, -0.1) is 0 Å². The molecule has 1 aliphatic carbocycles. The first-order valence-electron chi connectivity index (χ1n) is 8.07. The lowest BCUT2D eigenvalue weighted by Gasteiger charge is -2.27. The van der Waals surface area contributed by atoms with E-state index in [2.05, 4.69) is 24.4 Å². The molecule has 0 heterocycles. The molecule has 2 atom stereocenters. The minimum Gasteiger partial charge on any atom is -0.385 e. The van der Waals surface area contributed by atoms with Gasteiger partial charge in [0.1, 0.15) is 0 Å². The second-order valence-electron chi connectivity index (χ2n) is 6.68. The number of anilines is 1. The molecule has 1 aliphatic rings. The van der Waals surface area contributed by atoms with E-state index < -0.39 is 0 Å². The average molecular weight is 288 g/mol. The van der Waals surface area contributed by atoms with Crippen LogP contribution >= 0.6 is 0 Å². The van der Waals surface area contributed by atoms with E-state index in [0.717, 1.165) is 29.6 Å². The van der Waals surface area contributed by atoms with E-state index in [-0.39, 0.29) is 5.91 Å². The summed E-state index contributed by atoms with van der Waals surface area (Å²) in [6.45, 7) is 3.43. The fourth-order valence-electron chi connectivity index (χ4n) is 3.08. The summed E-state index contributed by atoms with van der Waals surface area (Å²) in [7, 11) is 3.59. The largest absolute Gasteiger partial charge is 0.385 e. The molecule has 21 heavy (non-hydrogen) atoms. The Balaban J connectivity index is 1.80. The van der Waals surface area contributed by atoms with Gasteiger partial charge in [-0.1, -0.05) is 31.9 Å². The normalized spacial score (nSPS) is 21.9. The topological polar surface area (TPSA) is 32.3 Å². The van der Waals surface area contributed by atoms with Crippen LogP contribution in [0.25, 0.3) is 0 Å². The standard InChI is InChI=1S/C18H28N2O/c1-14-5-4-6-16(11-14)13-19-17-9-7-15(8-10-17)12-18(21)20(2)3/h7-10,14,16,19H,4-6,11-13H2,1-3H3. The lowest BCUT2D eigenvalue weighted by molar-refractivity contribution is -0.127. The van der Waals surface area contributed by atoms with E-state index in [1.165, 1.54) is 25.7 Å². The Kier molecular flexibility index (Phi) is 5.66. The summed E-state index contributed by atoms with van der Waals surface area (Å²) in [5.41, 5.74) is 2.24. The van der Waals surface area contributed by atoms with Crippen LogP contribution < -0.4 is 5.32 Å². The quantitative estimate of drug-likeness (QED) is 0.898. The van der Waals surface area contributed by atoms with Gasteiger partial charge in [0.15, 0.2) is 0 Å². The third kappa shape index (κ3) is 5.07. The van der Waals surface area contributed by atoms with Gasteiger partial charge in [0.05, 0.1) is 6.42 Å². The fraction of sp³-hybridized carbons (Fsp3) is 0.611. The molecule has 0 aliphatic heterocycles. The van der Waals surface area contributed by atoms with Crippen LogP contribution in [-0.2, 0) is 11.2 Å². The molecule has 1 saturated carbocycles. The summed E-state index contributed by atoms with van der Waals surface area (Å²) in [6.07, 6.45) is 5.95. The Morgan fingerprint density at radius 1 is 1.24 bits per heavy atom. The zero-order valence-corrected chi connectivity index (χ0v) is 13.6. The number of benzene rings is 1. The molecule has 0 aromatic heterocycles. The molecule has 116 valence electrons. The van der Waals surface area contributed by atoms with Crippen molar-refractivity contribution in [1.82, 2.24) is 4.90 Å². The maximum atomic E-state index is 11.7. The van der Waals surface area contributed by atoms with Gasteiger partial charge in [-0.25, -0.2) is 0 Å². The minimum atomic E-state index is 0.145. The van der Waals surface area contributed by atoms with Crippen molar-refractivity contribution in [3.05, 3.63) is 29.8 Å². The van der Waals surface area contributed by atoms with Crippen molar-refractivity contribution in [2.75, 3.05) is 26.0 Å². The SMILES string of the molecule is CC1CCCC(CNc2ccc(CC(=O)N(C)C)cc2)C1. The van der Waals surface area contributed by atoms with Crippen LogP contribution in [0.4, 0.5) is 5.69 Å². The smallest absolute Gasteiger partial charge is 0.226 e. The van der Waals surface area contributed by atoms with Crippen molar-refractivity contribution in [2.45, 2.75) is 39.0 Å². The van der Waals surface area contributed by atoms with Gasteiger partial charge in [-0.05, 0) is 42.4 Å². The van der Waals surface area contributed by atoms with Crippen LogP contribution in [0.5, 0.6) is 0 Å². The van der Waals surface area contributed by atoms with Crippen LogP contribution in [0, 0.1) is 11.8 Å². The number of hydrogen-bond acceptors (Lipinski definition) is 2. The zero-order chi connectivity index (χ0) is 15.2. The third-order valence-corrected chi connectivity index (χ3v) is 4.45.